The second kappa shape index (κ2) is 9.06. The van der Waals surface area contributed by atoms with Crippen molar-refractivity contribution in [3.63, 3.8) is 0 Å². The Morgan fingerprint density at radius 1 is 0.933 bits per heavy atom. The molecule has 0 bridgehead atoms. The molecule has 4 rings (SSSR count). The number of aliphatic hydroxyl groups is 1. The molecule has 0 saturated carbocycles. The van der Waals surface area contributed by atoms with Crippen LogP contribution in [0.15, 0.2) is 90.2 Å². The van der Waals surface area contributed by atoms with Crippen molar-refractivity contribution in [1.82, 2.24) is 19.3 Å². The first-order chi connectivity index (χ1) is 14.7. The Bertz CT molecular complexity index is 1130. The van der Waals surface area contributed by atoms with Gasteiger partial charge in [0.2, 0.25) is 0 Å². The molecule has 4 aromatic rings. The third kappa shape index (κ3) is 4.92. The van der Waals surface area contributed by atoms with Crippen LogP contribution in [0, 0.1) is 0 Å². The average molecular weight is 404 g/mol. The van der Waals surface area contributed by atoms with Crippen LogP contribution < -0.4 is 15.0 Å². The number of hydrogen-bond donors (Lipinski definition) is 1. The number of benzene rings is 2. The van der Waals surface area contributed by atoms with Gasteiger partial charge in [0.05, 0.1) is 6.54 Å². The molecular weight excluding hydrogens is 384 g/mol. The lowest BCUT2D eigenvalue weighted by molar-refractivity contribution is 0.0879. The quantitative estimate of drug-likeness (QED) is 0.486. The van der Waals surface area contributed by atoms with E-state index in [0.717, 1.165) is 5.75 Å². The molecule has 0 aliphatic rings. The summed E-state index contributed by atoms with van der Waals surface area (Å²) in [4.78, 5) is 16.0. The number of aromatic nitrogens is 4. The summed E-state index contributed by atoms with van der Waals surface area (Å²) >= 11 is 0. The first-order valence-corrected chi connectivity index (χ1v) is 9.38. The van der Waals surface area contributed by atoms with E-state index in [1.54, 1.807) is 53.6 Å². The fourth-order valence-electron chi connectivity index (χ4n) is 2.77. The second-order valence-corrected chi connectivity index (χ2v) is 6.53. The maximum Gasteiger partial charge on any atom is 0.266 e. The summed E-state index contributed by atoms with van der Waals surface area (Å²) in [7, 11) is 0. The molecule has 0 radical (unpaired) electrons. The highest BCUT2D eigenvalue weighted by atomic mass is 16.5. The normalized spacial score (nSPS) is 11.8. The highest BCUT2D eigenvalue weighted by Gasteiger charge is 2.10. The van der Waals surface area contributed by atoms with Crippen molar-refractivity contribution < 1.29 is 14.6 Å². The predicted molar refractivity (Wildman–Crippen MR) is 110 cm³/mol. The molecule has 2 aromatic heterocycles. The molecule has 0 aliphatic carbocycles. The maximum absolute atomic E-state index is 12.0. The van der Waals surface area contributed by atoms with Gasteiger partial charge >= 0.3 is 0 Å². The second-order valence-electron chi connectivity index (χ2n) is 6.53. The Hall–Kier alpha value is -3.91. The zero-order valence-corrected chi connectivity index (χ0v) is 16.0. The van der Waals surface area contributed by atoms with Gasteiger partial charge in [-0.2, -0.15) is 5.10 Å². The molecule has 2 aromatic carbocycles. The van der Waals surface area contributed by atoms with Gasteiger partial charge in [0.25, 0.3) is 5.56 Å². The van der Waals surface area contributed by atoms with Crippen LogP contribution in [0.1, 0.15) is 0 Å². The minimum Gasteiger partial charge on any atom is -0.491 e. The zero-order chi connectivity index (χ0) is 20.8. The average Bonchev–Trinajstić information content (AvgIpc) is 3.31. The number of hydrogen-bond acceptors (Lipinski definition) is 6. The lowest BCUT2D eigenvalue weighted by Crippen LogP contribution is -2.32. The molecule has 8 heteroatoms. The molecule has 30 heavy (non-hydrogen) atoms. The van der Waals surface area contributed by atoms with Gasteiger partial charge < -0.3 is 14.6 Å². The smallest absolute Gasteiger partial charge is 0.266 e. The van der Waals surface area contributed by atoms with Crippen LogP contribution in [-0.4, -0.2) is 37.1 Å². The molecule has 0 fully saturated rings. The van der Waals surface area contributed by atoms with E-state index in [1.807, 2.05) is 30.3 Å². The summed E-state index contributed by atoms with van der Waals surface area (Å²) in [5, 5.41) is 14.5. The van der Waals surface area contributed by atoms with Crippen LogP contribution in [0.2, 0.25) is 0 Å². The standard InChI is InChI=1S/C22H20N4O4/c27-17(14-26-22(28)11-10-21(24-26)25-13-12-23-16-25)15-29-18-6-8-20(9-7-18)30-19-4-2-1-3-5-19/h1-13,16-17,27H,14-15H2/t17-/m0/s1. The van der Waals surface area contributed by atoms with Crippen LogP contribution >= 0.6 is 0 Å². The number of imidazole rings is 1. The summed E-state index contributed by atoms with van der Waals surface area (Å²) in [6.45, 7) is 0.0267. The first kappa shape index (κ1) is 19.4. The lowest BCUT2D eigenvalue weighted by Gasteiger charge is -2.14. The van der Waals surface area contributed by atoms with E-state index in [-0.39, 0.29) is 18.7 Å². The SMILES string of the molecule is O=c1ccc(-n2ccnc2)nn1C[C@H](O)COc1ccc(Oc2ccccc2)cc1. The lowest BCUT2D eigenvalue weighted by atomic mass is 10.3. The Kier molecular flexibility index (Phi) is 5.86. The first-order valence-electron chi connectivity index (χ1n) is 9.38. The van der Waals surface area contributed by atoms with Crippen LogP contribution in [0.25, 0.3) is 5.82 Å². The minimum atomic E-state index is -0.909. The Labute approximate surface area is 172 Å². The van der Waals surface area contributed by atoms with Gasteiger partial charge in [-0.15, -0.1) is 0 Å². The van der Waals surface area contributed by atoms with Gasteiger partial charge in [-0.25, -0.2) is 9.67 Å². The topological polar surface area (TPSA) is 91.4 Å². The molecule has 1 N–H and O–H groups in total. The van der Waals surface area contributed by atoms with E-state index in [0.29, 0.717) is 17.3 Å². The van der Waals surface area contributed by atoms with Gasteiger partial charge in [-0.3, -0.25) is 9.36 Å². The van der Waals surface area contributed by atoms with Crippen molar-refractivity contribution in [2.24, 2.45) is 0 Å². The highest BCUT2D eigenvalue weighted by Crippen LogP contribution is 2.23. The van der Waals surface area contributed by atoms with Gasteiger partial charge in [-0.05, 0) is 42.5 Å². The van der Waals surface area contributed by atoms with Gasteiger partial charge in [0.15, 0.2) is 5.82 Å². The van der Waals surface area contributed by atoms with Crippen LogP contribution in [0.3, 0.4) is 0 Å². The fourth-order valence-corrected chi connectivity index (χ4v) is 2.77. The molecule has 0 saturated heterocycles. The predicted octanol–water partition coefficient (Wildman–Crippen LogP) is 2.66. The monoisotopic (exact) mass is 404 g/mol. The number of para-hydroxylation sites is 1. The van der Waals surface area contributed by atoms with Crippen molar-refractivity contribution in [3.05, 3.63) is 95.8 Å². The third-order valence-electron chi connectivity index (χ3n) is 4.25. The molecule has 152 valence electrons. The summed E-state index contributed by atoms with van der Waals surface area (Å²) < 4.78 is 14.2. The molecule has 0 aliphatic heterocycles. The van der Waals surface area contributed by atoms with Crippen molar-refractivity contribution in [2.45, 2.75) is 12.6 Å². The number of ether oxygens (including phenoxy) is 2. The molecule has 0 unspecified atom stereocenters. The van der Waals surface area contributed by atoms with Gasteiger partial charge in [0.1, 0.15) is 36.3 Å². The molecule has 8 nitrogen and oxygen atoms in total. The van der Waals surface area contributed by atoms with Crippen molar-refractivity contribution in [1.29, 1.82) is 0 Å². The Balaban J connectivity index is 1.33. The zero-order valence-electron chi connectivity index (χ0n) is 16.0. The number of aliphatic hydroxyl groups excluding tert-OH is 1. The number of rotatable bonds is 8. The highest BCUT2D eigenvalue weighted by molar-refractivity contribution is 5.35. The summed E-state index contributed by atoms with van der Waals surface area (Å²) in [5.74, 6) is 2.55. The van der Waals surface area contributed by atoms with E-state index < -0.39 is 6.10 Å². The van der Waals surface area contributed by atoms with Crippen LogP contribution in [-0.2, 0) is 6.54 Å². The molecule has 0 spiro atoms. The van der Waals surface area contributed by atoms with Crippen molar-refractivity contribution in [2.75, 3.05) is 6.61 Å². The Morgan fingerprint density at radius 2 is 1.67 bits per heavy atom. The summed E-state index contributed by atoms with van der Waals surface area (Å²) in [6.07, 6.45) is 4.02. The van der Waals surface area contributed by atoms with Crippen LogP contribution in [0.4, 0.5) is 0 Å². The van der Waals surface area contributed by atoms with E-state index in [9.17, 15) is 9.90 Å². The molecule has 2 heterocycles. The fraction of sp³-hybridized carbons (Fsp3) is 0.136. The van der Waals surface area contributed by atoms with E-state index in [1.165, 1.54) is 10.7 Å². The molecular formula is C22H20N4O4. The maximum atomic E-state index is 12.0. The third-order valence-corrected chi connectivity index (χ3v) is 4.25. The molecule has 0 amide bonds. The number of nitrogens with zero attached hydrogens (tertiary/aromatic N) is 4. The van der Waals surface area contributed by atoms with Gasteiger partial charge in [0, 0.05) is 18.5 Å². The molecule has 1 atom stereocenters. The van der Waals surface area contributed by atoms with E-state index >= 15 is 0 Å². The van der Waals surface area contributed by atoms with Gasteiger partial charge in [-0.1, -0.05) is 18.2 Å². The van der Waals surface area contributed by atoms with Crippen LogP contribution in [0.5, 0.6) is 17.2 Å². The largest absolute Gasteiger partial charge is 0.491 e. The summed E-state index contributed by atoms with van der Waals surface area (Å²) in [6, 6.07) is 19.6. The van der Waals surface area contributed by atoms with E-state index in [4.69, 9.17) is 9.47 Å². The van der Waals surface area contributed by atoms with E-state index in [2.05, 4.69) is 10.1 Å². The summed E-state index contributed by atoms with van der Waals surface area (Å²) in [5.41, 5.74) is -0.305. The van der Waals surface area contributed by atoms with Crippen molar-refractivity contribution in [3.8, 4) is 23.1 Å². The Morgan fingerprint density at radius 3 is 2.40 bits per heavy atom. The van der Waals surface area contributed by atoms with Crippen molar-refractivity contribution >= 4 is 0 Å². The minimum absolute atomic E-state index is 0.0105.